The van der Waals surface area contributed by atoms with Crippen LogP contribution < -0.4 is 17.3 Å². The summed E-state index contributed by atoms with van der Waals surface area (Å²) in [5.41, 5.74) is 2.64. The Morgan fingerprint density at radius 1 is 1.11 bits per heavy atom. The summed E-state index contributed by atoms with van der Waals surface area (Å²) in [4.78, 5) is 2.37. The van der Waals surface area contributed by atoms with Crippen molar-refractivity contribution >= 4 is 28.0 Å². The van der Waals surface area contributed by atoms with Gasteiger partial charge in [-0.2, -0.15) is 0 Å². The first-order valence-electron chi connectivity index (χ1n) is 6.10. The van der Waals surface area contributed by atoms with E-state index in [0.29, 0.717) is 0 Å². The average molecular weight is 261 g/mol. The largest absolute Gasteiger partial charge is 1.00 e. The third-order valence-electron chi connectivity index (χ3n) is 3.71. The number of halogens is 1. The number of rotatable bonds is 1. The van der Waals surface area contributed by atoms with Gasteiger partial charge in [0.15, 0.2) is 0 Å². The molecule has 2 aromatic carbocycles. The lowest BCUT2D eigenvalue weighted by Gasteiger charge is -2.24. The molecule has 2 nitrogen and oxygen atoms in total. The third kappa shape index (κ3) is 1.60. The second-order valence-electron chi connectivity index (χ2n) is 4.50. The summed E-state index contributed by atoms with van der Waals surface area (Å²) in [5, 5.41) is 2.68. The lowest BCUT2D eigenvalue weighted by Crippen LogP contribution is -3.00. The monoisotopic (exact) mass is 260 g/mol. The second kappa shape index (κ2) is 4.62. The fourth-order valence-corrected chi connectivity index (χ4v) is 2.74. The Bertz CT molecular complexity index is 626. The number of amidine groups is 1. The summed E-state index contributed by atoms with van der Waals surface area (Å²) in [5.74, 6) is 1.29. The molecule has 2 aromatic rings. The van der Waals surface area contributed by atoms with Crippen LogP contribution in [0.25, 0.3) is 10.8 Å². The van der Waals surface area contributed by atoms with Crippen LogP contribution in [0, 0.1) is 0 Å². The standard InChI is InChI=1S/C15H17N2.ClH/c1-4-17-11(2)16(3)13-9-5-7-12-8-6-10-14(17)15(12)13;/h5-10H,4H2,1-3H3;1H/q+1;/p-1. The van der Waals surface area contributed by atoms with Crippen LogP contribution in [0.5, 0.6) is 0 Å². The lowest BCUT2D eigenvalue weighted by atomic mass is 10.0. The molecular weight excluding hydrogens is 244 g/mol. The van der Waals surface area contributed by atoms with Crippen molar-refractivity contribution in [2.24, 2.45) is 0 Å². The van der Waals surface area contributed by atoms with Crippen LogP contribution in [0.1, 0.15) is 13.8 Å². The van der Waals surface area contributed by atoms with Gasteiger partial charge in [0.2, 0.25) is 0 Å². The molecule has 0 unspecified atom stereocenters. The highest BCUT2D eigenvalue weighted by Gasteiger charge is 2.28. The highest BCUT2D eigenvalue weighted by Crippen LogP contribution is 2.37. The third-order valence-corrected chi connectivity index (χ3v) is 3.71. The van der Waals surface area contributed by atoms with Gasteiger partial charge >= 0.3 is 0 Å². The molecule has 3 rings (SSSR count). The van der Waals surface area contributed by atoms with Crippen LogP contribution in [0.4, 0.5) is 11.4 Å². The van der Waals surface area contributed by atoms with E-state index in [-0.39, 0.29) is 12.4 Å². The van der Waals surface area contributed by atoms with Crippen LogP contribution in [0.2, 0.25) is 0 Å². The van der Waals surface area contributed by atoms with E-state index in [1.54, 1.807) is 0 Å². The lowest BCUT2D eigenvalue weighted by molar-refractivity contribution is -0.405. The predicted molar refractivity (Wildman–Crippen MR) is 73.5 cm³/mol. The van der Waals surface area contributed by atoms with Crippen LogP contribution in [0.15, 0.2) is 36.4 Å². The first kappa shape index (κ1) is 12.9. The van der Waals surface area contributed by atoms with E-state index in [9.17, 15) is 0 Å². The molecule has 0 amide bonds. The SMILES string of the molecule is CCN1C(C)=[N+](C)c2cccc3cccc1c23.[Cl-]. The molecule has 0 atom stereocenters. The van der Waals surface area contributed by atoms with Crippen LogP contribution >= 0.6 is 0 Å². The predicted octanol–water partition coefficient (Wildman–Crippen LogP) is 0.376. The van der Waals surface area contributed by atoms with Crippen molar-refractivity contribution in [2.75, 3.05) is 18.5 Å². The number of hydrogen-bond donors (Lipinski definition) is 0. The van der Waals surface area contributed by atoms with Gasteiger partial charge in [-0.25, -0.2) is 9.48 Å². The van der Waals surface area contributed by atoms with E-state index < -0.39 is 0 Å². The molecule has 0 saturated carbocycles. The number of anilines is 1. The van der Waals surface area contributed by atoms with Gasteiger partial charge in [0.1, 0.15) is 11.4 Å². The van der Waals surface area contributed by atoms with Crippen molar-refractivity contribution in [3.8, 4) is 0 Å². The maximum atomic E-state index is 2.37. The summed E-state index contributed by atoms with van der Waals surface area (Å²) in [6.07, 6.45) is 0. The van der Waals surface area contributed by atoms with Crippen molar-refractivity contribution in [2.45, 2.75) is 13.8 Å². The summed E-state index contributed by atoms with van der Waals surface area (Å²) in [6.45, 7) is 5.38. The summed E-state index contributed by atoms with van der Waals surface area (Å²) in [7, 11) is 2.14. The first-order valence-corrected chi connectivity index (χ1v) is 6.10. The van der Waals surface area contributed by atoms with E-state index in [2.05, 4.69) is 66.8 Å². The van der Waals surface area contributed by atoms with Crippen molar-refractivity contribution in [1.82, 2.24) is 0 Å². The van der Waals surface area contributed by atoms with Crippen molar-refractivity contribution in [3.63, 3.8) is 0 Å². The fraction of sp³-hybridized carbons (Fsp3) is 0.267. The molecule has 1 aliphatic rings. The van der Waals surface area contributed by atoms with Crippen LogP contribution in [-0.4, -0.2) is 24.0 Å². The normalized spacial score (nSPS) is 13.8. The van der Waals surface area contributed by atoms with Crippen molar-refractivity contribution in [1.29, 1.82) is 0 Å². The minimum Gasteiger partial charge on any atom is -1.00 e. The number of nitrogens with zero attached hydrogens (tertiary/aromatic N) is 2. The van der Waals surface area contributed by atoms with Gasteiger partial charge in [0, 0.05) is 6.92 Å². The Morgan fingerprint density at radius 3 is 2.44 bits per heavy atom. The molecule has 0 N–H and O–H groups in total. The zero-order chi connectivity index (χ0) is 12.0. The maximum absolute atomic E-state index is 2.37. The van der Waals surface area contributed by atoms with E-state index in [4.69, 9.17) is 0 Å². The number of benzene rings is 2. The van der Waals surface area contributed by atoms with Gasteiger partial charge in [-0.15, -0.1) is 0 Å². The van der Waals surface area contributed by atoms with E-state index in [1.165, 1.54) is 28.0 Å². The average Bonchev–Trinajstić information content (AvgIpc) is 2.37. The Labute approximate surface area is 114 Å². The van der Waals surface area contributed by atoms with Gasteiger partial charge in [0.05, 0.1) is 19.0 Å². The van der Waals surface area contributed by atoms with Gasteiger partial charge in [-0.1, -0.05) is 24.3 Å². The maximum Gasteiger partial charge on any atom is 0.253 e. The Balaban J connectivity index is 0.00000120. The summed E-state index contributed by atoms with van der Waals surface area (Å²) in [6, 6.07) is 13.1. The van der Waals surface area contributed by atoms with Crippen molar-refractivity contribution in [3.05, 3.63) is 36.4 Å². The molecule has 1 heterocycles. The molecule has 0 spiro atoms. The minimum atomic E-state index is 0. The van der Waals surface area contributed by atoms with E-state index >= 15 is 0 Å². The first-order chi connectivity index (χ1) is 8.24. The van der Waals surface area contributed by atoms with Gasteiger partial charge < -0.3 is 12.4 Å². The fourth-order valence-electron chi connectivity index (χ4n) is 2.74. The van der Waals surface area contributed by atoms with Gasteiger partial charge in [-0.3, -0.25) is 0 Å². The highest BCUT2D eigenvalue weighted by molar-refractivity contribution is 6.10. The molecule has 18 heavy (non-hydrogen) atoms. The molecule has 1 aliphatic heterocycles. The van der Waals surface area contributed by atoms with Gasteiger partial charge in [0.25, 0.3) is 5.84 Å². The molecular formula is C15H17ClN2. The molecule has 0 fully saturated rings. The molecule has 0 radical (unpaired) electrons. The molecule has 3 heteroatoms. The Morgan fingerprint density at radius 2 is 1.78 bits per heavy atom. The quantitative estimate of drug-likeness (QED) is 0.672. The molecule has 0 bridgehead atoms. The minimum absolute atomic E-state index is 0. The molecule has 0 saturated heterocycles. The Hall–Kier alpha value is -1.54. The second-order valence-corrected chi connectivity index (χ2v) is 4.50. The van der Waals surface area contributed by atoms with E-state index in [1.807, 2.05) is 0 Å². The van der Waals surface area contributed by atoms with Crippen LogP contribution in [-0.2, 0) is 0 Å². The van der Waals surface area contributed by atoms with Crippen molar-refractivity contribution < 1.29 is 17.0 Å². The van der Waals surface area contributed by atoms with E-state index in [0.717, 1.165) is 6.54 Å². The molecule has 94 valence electrons. The smallest absolute Gasteiger partial charge is 0.253 e. The van der Waals surface area contributed by atoms with Crippen LogP contribution in [0.3, 0.4) is 0 Å². The summed E-state index contributed by atoms with van der Waals surface area (Å²) < 4.78 is 2.28. The summed E-state index contributed by atoms with van der Waals surface area (Å²) >= 11 is 0. The Kier molecular flexibility index (Phi) is 3.31. The zero-order valence-electron chi connectivity index (χ0n) is 10.9. The topological polar surface area (TPSA) is 6.25 Å². The number of hydrogen-bond acceptors (Lipinski definition) is 1. The molecule has 0 aromatic heterocycles. The zero-order valence-corrected chi connectivity index (χ0v) is 11.7. The molecule has 0 aliphatic carbocycles. The van der Waals surface area contributed by atoms with Gasteiger partial charge in [-0.05, 0) is 24.4 Å². The highest BCUT2D eigenvalue weighted by atomic mass is 35.5.